The maximum absolute atomic E-state index is 6.24. The molecule has 0 spiro atoms. The summed E-state index contributed by atoms with van der Waals surface area (Å²) in [4.78, 5) is 0. The summed E-state index contributed by atoms with van der Waals surface area (Å²) >= 11 is 0. The fraction of sp³-hybridized carbons (Fsp3) is 0.625. The second-order valence-electron chi connectivity index (χ2n) is 5.72. The Balaban J connectivity index is 1.75. The first-order chi connectivity index (χ1) is 8.25. The van der Waals surface area contributed by atoms with Gasteiger partial charge < -0.3 is 5.73 Å². The number of hydrogen-bond acceptors (Lipinski definition) is 1. The smallest absolute Gasteiger partial charge is 0.0294 e. The third-order valence-electron chi connectivity index (χ3n) is 4.25. The molecule has 0 aromatic heterocycles. The van der Waals surface area contributed by atoms with Crippen LogP contribution in [0.3, 0.4) is 0 Å². The van der Waals surface area contributed by atoms with Gasteiger partial charge in [-0.3, -0.25) is 0 Å². The summed E-state index contributed by atoms with van der Waals surface area (Å²) in [6, 6.07) is 10.7. The van der Waals surface area contributed by atoms with Crippen LogP contribution in [0.4, 0.5) is 0 Å². The van der Waals surface area contributed by atoms with Crippen molar-refractivity contribution in [1.82, 2.24) is 0 Å². The van der Waals surface area contributed by atoms with Crippen molar-refractivity contribution in [3.05, 3.63) is 35.9 Å². The first kappa shape index (κ1) is 12.6. The van der Waals surface area contributed by atoms with Crippen molar-refractivity contribution in [2.24, 2.45) is 17.6 Å². The normalized spacial score (nSPS) is 26.7. The average Bonchev–Trinajstić information content (AvgIpc) is 2.39. The molecular weight excluding hydrogens is 206 g/mol. The molecule has 2 rings (SSSR count). The Morgan fingerprint density at radius 3 is 2.41 bits per heavy atom. The number of nitrogens with two attached hydrogens (primary N) is 1. The second kappa shape index (κ2) is 6.20. The van der Waals surface area contributed by atoms with Gasteiger partial charge in [-0.1, -0.05) is 62.9 Å². The van der Waals surface area contributed by atoms with Crippen molar-refractivity contribution in [2.45, 2.75) is 51.5 Å². The van der Waals surface area contributed by atoms with Gasteiger partial charge in [-0.05, 0) is 30.2 Å². The van der Waals surface area contributed by atoms with E-state index < -0.39 is 0 Å². The van der Waals surface area contributed by atoms with Crippen LogP contribution in [0.5, 0.6) is 0 Å². The maximum Gasteiger partial charge on any atom is 0.0294 e. The Labute approximate surface area is 105 Å². The fourth-order valence-corrected chi connectivity index (χ4v) is 2.90. The molecule has 2 N–H and O–H groups in total. The summed E-state index contributed by atoms with van der Waals surface area (Å²) in [7, 11) is 0. The summed E-state index contributed by atoms with van der Waals surface area (Å²) in [5.74, 6) is 1.88. The van der Waals surface area contributed by atoms with Gasteiger partial charge in [-0.25, -0.2) is 0 Å². The Morgan fingerprint density at radius 2 is 1.76 bits per heavy atom. The van der Waals surface area contributed by atoms with Crippen LogP contribution in [0.1, 0.15) is 57.1 Å². The lowest BCUT2D eigenvalue weighted by molar-refractivity contribution is 0.269. The molecule has 94 valence electrons. The van der Waals surface area contributed by atoms with Crippen LogP contribution in [-0.4, -0.2) is 0 Å². The summed E-state index contributed by atoms with van der Waals surface area (Å²) in [5.41, 5.74) is 7.53. The first-order valence-corrected chi connectivity index (χ1v) is 7.06. The molecule has 1 aliphatic carbocycles. The minimum absolute atomic E-state index is 0.232. The number of rotatable bonds is 4. The Hall–Kier alpha value is -0.820. The predicted octanol–water partition coefficient (Wildman–Crippen LogP) is 4.29. The van der Waals surface area contributed by atoms with E-state index in [1.807, 2.05) is 0 Å². The predicted molar refractivity (Wildman–Crippen MR) is 73.7 cm³/mol. The quantitative estimate of drug-likeness (QED) is 0.821. The zero-order valence-electron chi connectivity index (χ0n) is 10.9. The lowest BCUT2D eigenvalue weighted by Crippen LogP contribution is -2.16. The molecule has 1 heteroatoms. The van der Waals surface area contributed by atoms with E-state index in [0.717, 1.165) is 18.3 Å². The van der Waals surface area contributed by atoms with Crippen molar-refractivity contribution in [3.63, 3.8) is 0 Å². The molecule has 1 aromatic carbocycles. The first-order valence-electron chi connectivity index (χ1n) is 7.06. The summed E-state index contributed by atoms with van der Waals surface area (Å²) in [6.45, 7) is 2.38. The molecule has 1 fully saturated rings. The van der Waals surface area contributed by atoms with E-state index >= 15 is 0 Å². The van der Waals surface area contributed by atoms with Crippen molar-refractivity contribution < 1.29 is 0 Å². The minimum Gasteiger partial charge on any atom is -0.324 e. The highest BCUT2D eigenvalue weighted by molar-refractivity contribution is 5.18. The molecule has 0 saturated heterocycles. The standard InChI is InChI=1S/C16H25N/c1-13-7-9-14(10-8-13)11-12-16(17)15-5-3-2-4-6-15/h2-6,13-14,16H,7-12,17H2,1H3. The van der Waals surface area contributed by atoms with E-state index in [2.05, 4.69) is 37.3 Å². The van der Waals surface area contributed by atoms with Gasteiger partial charge in [0.15, 0.2) is 0 Å². The van der Waals surface area contributed by atoms with Crippen molar-refractivity contribution in [2.75, 3.05) is 0 Å². The number of benzene rings is 1. The van der Waals surface area contributed by atoms with Crippen LogP contribution in [0.25, 0.3) is 0 Å². The van der Waals surface area contributed by atoms with Gasteiger partial charge in [-0.15, -0.1) is 0 Å². The van der Waals surface area contributed by atoms with Gasteiger partial charge in [0.2, 0.25) is 0 Å². The van der Waals surface area contributed by atoms with Gasteiger partial charge in [0.1, 0.15) is 0 Å². The van der Waals surface area contributed by atoms with Gasteiger partial charge in [-0.2, -0.15) is 0 Å². The SMILES string of the molecule is CC1CCC(CCC(N)c2ccccc2)CC1. The van der Waals surface area contributed by atoms with E-state index in [1.54, 1.807) is 0 Å². The molecule has 1 atom stereocenters. The molecule has 1 unspecified atom stereocenters. The van der Waals surface area contributed by atoms with Gasteiger partial charge in [0.25, 0.3) is 0 Å². The zero-order valence-corrected chi connectivity index (χ0v) is 10.9. The fourth-order valence-electron chi connectivity index (χ4n) is 2.90. The lowest BCUT2D eigenvalue weighted by atomic mass is 9.80. The van der Waals surface area contributed by atoms with Crippen LogP contribution in [-0.2, 0) is 0 Å². The Kier molecular flexibility index (Phi) is 4.61. The molecule has 0 heterocycles. The van der Waals surface area contributed by atoms with Gasteiger partial charge in [0.05, 0.1) is 0 Å². The highest BCUT2D eigenvalue weighted by atomic mass is 14.6. The molecule has 0 aliphatic heterocycles. The molecule has 1 aliphatic rings. The van der Waals surface area contributed by atoms with E-state index in [1.165, 1.54) is 37.7 Å². The minimum atomic E-state index is 0.232. The average molecular weight is 231 g/mol. The largest absolute Gasteiger partial charge is 0.324 e. The zero-order chi connectivity index (χ0) is 12.1. The molecule has 0 radical (unpaired) electrons. The van der Waals surface area contributed by atoms with Gasteiger partial charge in [0, 0.05) is 6.04 Å². The van der Waals surface area contributed by atoms with E-state index in [9.17, 15) is 0 Å². The molecule has 1 saturated carbocycles. The maximum atomic E-state index is 6.24. The molecule has 1 aromatic rings. The molecule has 0 bridgehead atoms. The lowest BCUT2D eigenvalue weighted by Gasteiger charge is -2.27. The monoisotopic (exact) mass is 231 g/mol. The summed E-state index contributed by atoms with van der Waals surface area (Å²) in [6.07, 6.45) is 8.13. The van der Waals surface area contributed by atoms with Crippen LogP contribution < -0.4 is 5.73 Å². The molecular formula is C16H25N. The highest BCUT2D eigenvalue weighted by Gasteiger charge is 2.18. The third-order valence-corrected chi connectivity index (χ3v) is 4.25. The second-order valence-corrected chi connectivity index (χ2v) is 5.72. The summed E-state index contributed by atoms with van der Waals surface area (Å²) < 4.78 is 0. The Morgan fingerprint density at radius 1 is 1.12 bits per heavy atom. The topological polar surface area (TPSA) is 26.0 Å². The highest BCUT2D eigenvalue weighted by Crippen LogP contribution is 2.32. The van der Waals surface area contributed by atoms with Crippen LogP contribution in [0.15, 0.2) is 30.3 Å². The molecule has 0 amide bonds. The van der Waals surface area contributed by atoms with E-state index in [0.29, 0.717) is 0 Å². The van der Waals surface area contributed by atoms with Crippen molar-refractivity contribution in [1.29, 1.82) is 0 Å². The molecule has 1 nitrogen and oxygen atoms in total. The van der Waals surface area contributed by atoms with E-state index in [-0.39, 0.29) is 6.04 Å². The van der Waals surface area contributed by atoms with Crippen LogP contribution >= 0.6 is 0 Å². The van der Waals surface area contributed by atoms with Crippen LogP contribution in [0, 0.1) is 11.8 Å². The van der Waals surface area contributed by atoms with Crippen molar-refractivity contribution in [3.8, 4) is 0 Å². The van der Waals surface area contributed by atoms with E-state index in [4.69, 9.17) is 5.73 Å². The van der Waals surface area contributed by atoms with Gasteiger partial charge >= 0.3 is 0 Å². The summed E-state index contributed by atoms with van der Waals surface area (Å²) in [5, 5.41) is 0. The molecule has 17 heavy (non-hydrogen) atoms. The van der Waals surface area contributed by atoms with Crippen LogP contribution in [0.2, 0.25) is 0 Å². The number of hydrogen-bond donors (Lipinski definition) is 1. The van der Waals surface area contributed by atoms with Crippen molar-refractivity contribution >= 4 is 0 Å². The Bertz CT molecular complexity index is 312. The third kappa shape index (κ3) is 3.85.